The summed E-state index contributed by atoms with van der Waals surface area (Å²) in [5.74, 6) is -0.122. The number of hydrogen-bond acceptors (Lipinski definition) is 7. The van der Waals surface area contributed by atoms with Crippen molar-refractivity contribution >= 4 is 11.9 Å². The number of aromatic nitrogens is 3. The summed E-state index contributed by atoms with van der Waals surface area (Å²) in [6.07, 6.45) is 8.64. The van der Waals surface area contributed by atoms with Crippen molar-refractivity contribution in [3.63, 3.8) is 0 Å². The normalized spacial score (nSPS) is 41.1. The Morgan fingerprint density at radius 3 is 2.45 bits per heavy atom. The fourth-order valence-corrected chi connectivity index (χ4v) is 12.8. The summed E-state index contributed by atoms with van der Waals surface area (Å²) in [6.45, 7) is 23.3. The maximum Gasteiger partial charge on any atom is 0.307 e. The summed E-state index contributed by atoms with van der Waals surface area (Å²) in [5.41, 5.74) is -0.776. The molecular weight excluding hydrogens is 673 g/mol. The van der Waals surface area contributed by atoms with Crippen molar-refractivity contribution in [1.82, 2.24) is 25.4 Å². The second-order valence-corrected chi connectivity index (χ2v) is 19.7. The number of carbonyl (C=O) groups is 2. The number of allylic oxidation sites excluding steroid dienone is 1. The highest BCUT2D eigenvalue weighted by Gasteiger charge is 2.73. The minimum Gasteiger partial charge on any atom is -0.481 e. The molecule has 1 aliphatic heterocycles. The van der Waals surface area contributed by atoms with E-state index in [1.807, 2.05) is 7.05 Å². The zero-order valence-electron chi connectivity index (χ0n) is 34.4. The Bertz CT molecular complexity index is 1580. The number of nitrogens with zero attached hydrogens (tertiary/aromatic N) is 3. The lowest BCUT2D eigenvalue weighted by Gasteiger charge is -2.71. The fourth-order valence-electron chi connectivity index (χ4n) is 12.8. The molecular formula is C42H68FN5O5. The number of amides is 1. The van der Waals surface area contributed by atoms with Crippen molar-refractivity contribution in [3.05, 3.63) is 23.8 Å². The molecule has 0 spiro atoms. The molecule has 12 atom stereocenters. The Morgan fingerprint density at radius 1 is 1.11 bits per heavy atom. The number of carbonyl (C=O) groups excluding carboxylic acids is 1. The smallest absolute Gasteiger partial charge is 0.307 e. The average molecular weight is 742 g/mol. The van der Waals surface area contributed by atoms with Crippen LogP contribution in [0.15, 0.2) is 18.0 Å². The first-order valence-corrected chi connectivity index (χ1v) is 20.4. The van der Waals surface area contributed by atoms with Gasteiger partial charge in [0.1, 0.15) is 13.0 Å². The zero-order chi connectivity index (χ0) is 38.9. The van der Waals surface area contributed by atoms with Crippen molar-refractivity contribution in [2.75, 3.05) is 40.1 Å². The third-order valence-electron chi connectivity index (χ3n) is 16.9. The Labute approximate surface area is 317 Å². The maximum atomic E-state index is 13.6. The van der Waals surface area contributed by atoms with Crippen molar-refractivity contribution < 1.29 is 28.6 Å². The quantitative estimate of drug-likeness (QED) is 0.193. The molecule has 1 aromatic rings. The van der Waals surface area contributed by atoms with Gasteiger partial charge in [-0.15, -0.1) is 0 Å². The van der Waals surface area contributed by atoms with Gasteiger partial charge in [0.05, 0.1) is 37.9 Å². The molecule has 5 aliphatic rings. The highest BCUT2D eigenvalue weighted by molar-refractivity contribution is 5.90. The summed E-state index contributed by atoms with van der Waals surface area (Å²) < 4.78 is 29.1. The lowest BCUT2D eigenvalue weighted by atomic mass is 9.34. The minimum absolute atomic E-state index is 0.0962. The Hall–Kier alpha value is -2.37. The average Bonchev–Trinajstić information content (AvgIpc) is 3.59. The lowest BCUT2D eigenvalue weighted by Crippen LogP contribution is -2.70. The first kappa shape index (κ1) is 40.3. The number of carboxylic acid groups (broad SMARTS) is 1. The summed E-state index contributed by atoms with van der Waals surface area (Å²) in [6, 6.07) is -0.337. The van der Waals surface area contributed by atoms with Crippen LogP contribution < -0.4 is 10.6 Å². The second-order valence-electron chi connectivity index (χ2n) is 19.7. The van der Waals surface area contributed by atoms with Crippen LogP contribution in [0.4, 0.5) is 4.39 Å². The number of carboxylic acids is 1. The molecule has 298 valence electrons. The molecule has 3 N–H and O–H groups in total. The molecule has 11 heteroatoms. The van der Waals surface area contributed by atoms with Crippen LogP contribution >= 0.6 is 0 Å². The SMILES string of the molecule is CN[C@@](C)(CO[C@H]1[C@H](n2ncnc2C(=O)NCCF)C[C@]2(C)COC[C@@]13C1=CC[C@@]4(C)[C@H](C(=O)O)[C@@](C)([C@H](C)C(C)C)CC[C@]4(C)[C@H]1CC[C@H]23)C(C)C. The molecule has 6 rings (SSSR count). The number of fused-ring (bicyclic) bond motifs is 3. The second kappa shape index (κ2) is 14.0. The van der Waals surface area contributed by atoms with E-state index >= 15 is 0 Å². The van der Waals surface area contributed by atoms with Gasteiger partial charge in [0.2, 0.25) is 5.82 Å². The summed E-state index contributed by atoms with van der Waals surface area (Å²) in [4.78, 5) is 31.5. The van der Waals surface area contributed by atoms with Crippen LogP contribution in [-0.2, 0) is 14.3 Å². The molecule has 2 heterocycles. The highest BCUT2D eigenvalue weighted by atomic mass is 19.1. The van der Waals surface area contributed by atoms with Gasteiger partial charge in [-0.05, 0) is 104 Å². The Balaban J connectivity index is 1.53. The molecule has 3 saturated carbocycles. The molecule has 1 aromatic heterocycles. The van der Waals surface area contributed by atoms with E-state index in [0.29, 0.717) is 38.6 Å². The Kier molecular flexibility index (Phi) is 10.6. The summed E-state index contributed by atoms with van der Waals surface area (Å²) in [7, 11) is 1.98. The number of alkyl halides is 1. The standard InChI is InChI=1S/C42H68FN5O5/c1-25(2)27(5)38(7)16-17-39(8)28-12-13-31-37(6)20-30(48-34(46-24-47-48)35(49)45-19-18-43)33(53-22-41(10,44-11)26(3)4)42(31,23-52-21-37)29(28)14-15-40(39,9)32(38)36(50)51/h14,24-28,30-33,44H,12-13,15-23H2,1-11H3,(H,45,49)(H,50,51)/t27-,28+,30-,31-,32-,33+,37-,38-,39-,40+,41+,42+/m1/s1. The lowest BCUT2D eigenvalue weighted by molar-refractivity contribution is -0.255. The first-order chi connectivity index (χ1) is 24.8. The predicted molar refractivity (Wildman–Crippen MR) is 203 cm³/mol. The van der Waals surface area contributed by atoms with Crippen LogP contribution in [0.25, 0.3) is 0 Å². The van der Waals surface area contributed by atoms with Crippen LogP contribution in [-0.4, -0.2) is 83.5 Å². The van der Waals surface area contributed by atoms with Gasteiger partial charge in [0.25, 0.3) is 5.91 Å². The fraction of sp³-hybridized carbons (Fsp3) is 0.857. The van der Waals surface area contributed by atoms with Crippen molar-refractivity contribution in [1.29, 1.82) is 0 Å². The number of hydrogen-bond donors (Lipinski definition) is 3. The molecule has 1 saturated heterocycles. The first-order valence-electron chi connectivity index (χ1n) is 20.4. The van der Waals surface area contributed by atoms with Gasteiger partial charge in [-0.2, -0.15) is 5.10 Å². The van der Waals surface area contributed by atoms with E-state index in [1.165, 1.54) is 11.9 Å². The molecule has 0 radical (unpaired) electrons. The largest absolute Gasteiger partial charge is 0.481 e. The van der Waals surface area contributed by atoms with E-state index in [-0.39, 0.29) is 63.9 Å². The van der Waals surface area contributed by atoms with Crippen molar-refractivity contribution in [3.8, 4) is 0 Å². The van der Waals surface area contributed by atoms with E-state index in [4.69, 9.17) is 14.6 Å². The minimum atomic E-state index is -0.672. The number of ether oxygens (including phenoxy) is 2. The topological polar surface area (TPSA) is 128 Å². The number of aliphatic carboxylic acids is 1. The van der Waals surface area contributed by atoms with E-state index < -0.39 is 41.4 Å². The van der Waals surface area contributed by atoms with Gasteiger partial charge < -0.3 is 25.2 Å². The zero-order valence-corrected chi connectivity index (χ0v) is 34.4. The van der Waals surface area contributed by atoms with Crippen LogP contribution in [0.5, 0.6) is 0 Å². The van der Waals surface area contributed by atoms with Gasteiger partial charge in [0, 0.05) is 17.5 Å². The van der Waals surface area contributed by atoms with E-state index in [1.54, 1.807) is 4.68 Å². The molecule has 1 amide bonds. The van der Waals surface area contributed by atoms with E-state index in [9.17, 15) is 19.1 Å². The Morgan fingerprint density at radius 2 is 1.83 bits per heavy atom. The van der Waals surface area contributed by atoms with Crippen molar-refractivity contribution in [2.24, 2.45) is 62.6 Å². The van der Waals surface area contributed by atoms with Crippen molar-refractivity contribution in [2.45, 2.75) is 125 Å². The number of rotatable bonds is 12. The predicted octanol–water partition coefficient (Wildman–Crippen LogP) is 7.13. The van der Waals surface area contributed by atoms with Gasteiger partial charge in [-0.25, -0.2) is 14.1 Å². The monoisotopic (exact) mass is 742 g/mol. The van der Waals surface area contributed by atoms with E-state index in [0.717, 1.165) is 25.7 Å². The number of likely N-dealkylation sites (N-methyl/N-ethyl adjacent to an activating group) is 1. The van der Waals surface area contributed by atoms with E-state index in [2.05, 4.69) is 90.9 Å². The van der Waals surface area contributed by atoms with Crippen LogP contribution in [0.1, 0.15) is 124 Å². The van der Waals surface area contributed by atoms with Gasteiger partial charge >= 0.3 is 5.97 Å². The van der Waals surface area contributed by atoms with Crippen LogP contribution in [0.2, 0.25) is 0 Å². The third-order valence-corrected chi connectivity index (χ3v) is 16.9. The molecule has 53 heavy (non-hydrogen) atoms. The molecule has 0 aromatic carbocycles. The summed E-state index contributed by atoms with van der Waals surface area (Å²) >= 11 is 0. The number of halogens is 1. The molecule has 10 nitrogen and oxygen atoms in total. The third kappa shape index (κ3) is 5.86. The number of nitrogens with one attached hydrogen (secondary N) is 2. The van der Waals surface area contributed by atoms with Crippen LogP contribution in [0, 0.1) is 62.6 Å². The van der Waals surface area contributed by atoms with Gasteiger partial charge in [-0.1, -0.05) is 74.0 Å². The molecule has 4 aliphatic carbocycles. The maximum absolute atomic E-state index is 13.6. The molecule has 4 fully saturated rings. The highest BCUT2D eigenvalue weighted by Crippen LogP contribution is 2.75. The molecule has 2 bridgehead atoms. The summed E-state index contributed by atoms with van der Waals surface area (Å²) in [5, 5.41) is 22.1. The van der Waals surface area contributed by atoms with Gasteiger partial charge in [-0.3, -0.25) is 9.59 Å². The van der Waals surface area contributed by atoms with Gasteiger partial charge in [0.15, 0.2) is 0 Å². The molecule has 0 unspecified atom stereocenters. The van der Waals surface area contributed by atoms with Crippen LogP contribution in [0.3, 0.4) is 0 Å².